The molecule has 0 saturated heterocycles. The average molecular weight is 210 g/mol. The van der Waals surface area contributed by atoms with Crippen LogP contribution in [-0.4, -0.2) is 14.8 Å². The molecule has 1 aromatic rings. The fourth-order valence-electron chi connectivity index (χ4n) is 1.60. The van der Waals surface area contributed by atoms with E-state index in [9.17, 15) is 0 Å². The summed E-state index contributed by atoms with van der Waals surface area (Å²) in [6.45, 7) is 12.2. The molecule has 4 nitrogen and oxygen atoms in total. The van der Waals surface area contributed by atoms with Gasteiger partial charge in [-0.3, -0.25) is 0 Å². The van der Waals surface area contributed by atoms with Gasteiger partial charge in [-0.05, 0) is 5.92 Å². The highest BCUT2D eigenvalue weighted by atomic mass is 15.3. The first-order valence-electron chi connectivity index (χ1n) is 5.49. The smallest absolute Gasteiger partial charge is 0.146 e. The third-order valence-corrected chi connectivity index (χ3v) is 2.23. The van der Waals surface area contributed by atoms with Gasteiger partial charge >= 0.3 is 0 Å². The number of nitrogens with two attached hydrogens (primary N) is 1. The Morgan fingerprint density at radius 2 is 1.87 bits per heavy atom. The summed E-state index contributed by atoms with van der Waals surface area (Å²) < 4.78 is 2.16. The Kier molecular flexibility index (Phi) is 3.50. The second-order valence-corrected chi connectivity index (χ2v) is 5.40. The molecular formula is C11H22N4. The molecule has 15 heavy (non-hydrogen) atoms. The molecule has 0 fully saturated rings. The lowest BCUT2D eigenvalue weighted by Crippen LogP contribution is -2.22. The van der Waals surface area contributed by atoms with Crippen LogP contribution >= 0.6 is 0 Å². The SMILES string of the molecule is CC(C)Cn1c(CN)nnc1C(C)(C)C. The Hall–Kier alpha value is -0.900. The predicted octanol–water partition coefficient (Wildman–Crippen LogP) is 1.69. The number of hydrogen-bond acceptors (Lipinski definition) is 3. The van der Waals surface area contributed by atoms with Gasteiger partial charge in [0.1, 0.15) is 11.6 Å². The third kappa shape index (κ3) is 2.78. The largest absolute Gasteiger partial charge is 0.324 e. The van der Waals surface area contributed by atoms with Crippen LogP contribution in [0.1, 0.15) is 46.3 Å². The molecule has 0 aromatic carbocycles. The first-order valence-corrected chi connectivity index (χ1v) is 5.49. The minimum Gasteiger partial charge on any atom is -0.324 e. The topological polar surface area (TPSA) is 56.7 Å². The monoisotopic (exact) mass is 210 g/mol. The van der Waals surface area contributed by atoms with Crippen molar-refractivity contribution in [2.75, 3.05) is 0 Å². The van der Waals surface area contributed by atoms with Gasteiger partial charge in [-0.25, -0.2) is 0 Å². The molecule has 0 radical (unpaired) electrons. The van der Waals surface area contributed by atoms with E-state index in [0.29, 0.717) is 12.5 Å². The third-order valence-electron chi connectivity index (χ3n) is 2.23. The van der Waals surface area contributed by atoms with Crippen LogP contribution in [0.5, 0.6) is 0 Å². The van der Waals surface area contributed by atoms with Crippen LogP contribution in [0.25, 0.3) is 0 Å². The minimum atomic E-state index is 0.0231. The maximum Gasteiger partial charge on any atom is 0.146 e. The Bertz CT molecular complexity index is 320. The number of nitrogens with zero attached hydrogens (tertiary/aromatic N) is 3. The predicted molar refractivity (Wildman–Crippen MR) is 61.5 cm³/mol. The summed E-state index contributed by atoms with van der Waals surface area (Å²) in [5, 5.41) is 8.39. The van der Waals surface area contributed by atoms with E-state index in [-0.39, 0.29) is 5.41 Å². The highest BCUT2D eigenvalue weighted by Crippen LogP contribution is 2.21. The van der Waals surface area contributed by atoms with Gasteiger partial charge in [0, 0.05) is 12.0 Å². The zero-order valence-corrected chi connectivity index (χ0v) is 10.4. The summed E-state index contributed by atoms with van der Waals surface area (Å²) in [4.78, 5) is 0. The molecule has 1 heterocycles. The first-order chi connectivity index (χ1) is 6.86. The molecule has 1 aromatic heterocycles. The van der Waals surface area contributed by atoms with E-state index >= 15 is 0 Å². The summed E-state index contributed by atoms with van der Waals surface area (Å²) in [5.74, 6) is 2.48. The summed E-state index contributed by atoms with van der Waals surface area (Å²) >= 11 is 0. The first kappa shape index (κ1) is 12.2. The van der Waals surface area contributed by atoms with E-state index in [1.807, 2.05) is 0 Å². The lowest BCUT2D eigenvalue weighted by Gasteiger charge is -2.20. The Labute approximate surface area is 91.9 Å². The Morgan fingerprint density at radius 1 is 1.27 bits per heavy atom. The van der Waals surface area contributed by atoms with Crippen LogP contribution in [0.4, 0.5) is 0 Å². The van der Waals surface area contributed by atoms with Gasteiger partial charge in [-0.1, -0.05) is 34.6 Å². The van der Waals surface area contributed by atoms with Gasteiger partial charge in [-0.15, -0.1) is 10.2 Å². The van der Waals surface area contributed by atoms with Crippen molar-refractivity contribution in [3.8, 4) is 0 Å². The van der Waals surface area contributed by atoms with Crippen molar-refractivity contribution in [1.82, 2.24) is 14.8 Å². The van der Waals surface area contributed by atoms with Crippen LogP contribution in [0.2, 0.25) is 0 Å². The van der Waals surface area contributed by atoms with Crippen LogP contribution in [-0.2, 0) is 18.5 Å². The van der Waals surface area contributed by atoms with Crippen molar-refractivity contribution in [1.29, 1.82) is 0 Å². The highest BCUT2D eigenvalue weighted by molar-refractivity contribution is 5.06. The zero-order chi connectivity index (χ0) is 11.6. The van der Waals surface area contributed by atoms with Gasteiger partial charge in [-0.2, -0.15) is 0 Å². The van der Waals surface area contributed by atoms with Gasteiger partial charge in [0.2, 0.25) is 0 Å². The summed E-state index contributed by atoms with van der Waals surface area (Å²) in [6.07, 6.45) is 0. The molecule has 1 rings (SSSR count). The lowest BCUT2D eigenvalue weighted by molar-refractivity contribution is 0.442. The van der Waals surface area contributed by atoms with Crippen molar-refractivity contribution >= 4 is 0 Å². The van der Waals surface area contributed by atoms with Crippen molar-refractivity contribution in [2.24, 2.45) is 11.7 Å². The van der Waals surface area contributed by atoms with E-state index in [4.69, 9.17) is 5.73 Å². The van der Waals surface area contributed by atoms with E-state index in [2.05, 4.69) is 49.4 Å². The molecule has 86 valence electrons. The molecule has 0 aliphatic rings. The Balaban J connectivity index is 3.11. The summed E-state index contributed by atoms with van der Waals surface area (Å²) in [7, 11) is 0. The number of aromatic nitrogens is 3. The fraction of sp³-hybridized carbons (Fsp3) is 0.818. The zero-order valence-electron chi connectivity index (χ0n) is 10.4. The molecule has 0 bridgehead atoms. The lowest BCUT2D eigenvalue weighted by atomic mass is 9.95. The molecule has 0 atom stereocenters. The van der Waals surface area contributed by atoms with E-state index < -0.39 is 0 Å². The number of hydrogen-bond donors (Lipinski definition) is 1. The van der Waals surface area contributed by atoms with Crippen molar-refractivity contribution < 1.29 is 0 Å². The molecule has 0 spiro atoms. The van der Waals surface area contributed by atoms with Gasteiger partial charge in [0.25, 0.3) is 0 Å². The van der Waals surface area contributed by atoms with Gasteiger partial charge in [0.05, 0.1) is 6.54 Å². The second kappa shape index (κ2) is 4.31. The summed E-state index contributed by atoms with van der Waals surface area (Å²) in [6, 6.07) is 0. The van der Waals surface area contributed by atoms with E-state index in [0.717, 1.165) is 18.2 Å². The van der Waals surface area contributed by atoms with Crippen LogP contribution in [0.15, 0.2) is 0 Å². The Morgan fingerprint density at radius 3 is 2.27 bits per heavy atom. The van der Waals surface area contributed by atoms with Crippen molar-refractivity contribution in [3.05, 3.63) is 11.6 Å². The van der Waals surface area contributed by atoms with E-state index in [1.54, 1.807) is 0 Å². The molecule has 2 N–H and O–H groups in total. The van der Waals surface area contributed by atoms with Crippen LogP contribution < -0.4 is 5.73 Å². The quantitative estimate of drug-likeness (QED) is 0.826. The average Bonchev–Trinajstić information content (AvgIpc) is 2.45. The highest BCUT2D eigenvalue weighted by Gasteiger charge is 2.23. The number of rotatable bonds is 3. The molecule has 4 heteroatoms. The molecule has 0 saturated carbocycles. The van der Waals surface area contributed by atoms with E-state index in [1.165, 1.54) is 0 Å². The second-order valence-electron chi connectivity index (χ2n) is 5.40. The maximum absolute atomic E-state index is 5.66. The maximum atomic E-state index is 5.66. The molecule has 0 unspecified atom stereocenters. The van der Waals surface area contributed by atoms with Gasteiger partial charge < -0.3 is 10.3 Å². The van der Waals surface area contributed by atoms with Gasteiger partial charge in [0.15, 0.2) is 0 Å². The van der Waals surface area contributed by atoms with Crippen LogP contribution in [0.3, 0.4) is 0 Å². The van der Waals surface area contributed by atoms with Crippen LogP contribution in [0, 0.1) is 5.92 Å². The van der Waals surface area contributed by atoms with Crippen molar-refractivity contribution in [2.45, 2.75) is 53.1 Å². The minimum absolute atomic E-state index is 0.0231. The standard InChI is InChI=1S/C11H22N4/c1-8(2)7-15-9(6-12)13-14-10(15)11(3,4)5/h8H,6-7,12H2,1-5H3. The molecule has 0 amide bonds. The molecule has 0 aliphatic carbocycles. The molecular weight excluding hydrogens is 188 g/mol. The molecule has 0 aliphatic heterocycles. The van der Waals surface area contributed by atoms with Crippen molar-refractivity contribution in [3.63, 3.8) is 0 Å². The normalized spacial score (nSPS) is 12.5. The fourth-order valence-corrected chi connectivity index (χ4v) is 1.60. The summed E-state index contributed by atoms with van der Waals surface area (Å²) in [5.41, 5.74) is 5.68.